The van der Waals surface area contributed by atoms with Crippen molar-refractivity contribution in [2.45, 2.75) is 69.9 Å². The van der Waals surface area contributed by atoms with Gasteiger partial charge in [0, 0.05) is 32.0 Å². The first-order chi connectivity index (χ1) is 20.2. The summed E-state index contributed by atoms with van der Waals surface area (Å²) in [5.74, 6) is 0.407. The van der Waals surface area contributed by atoms with E-state index in [0.717, 1.165) is 30.4 Å². The van der Waals surface area contributed by atoms with Crippen molar-refractivity contribution in [2.24, 2.45) is 0 Å². The molecule has 1 saturated carbocycles. The number of amides is 1. The molecule has 1 aromatic carbocycles. The summed E-state index contributed by atoms with van der Waals surface area (Å²) in [4.78, 5) is 29.2. The lowest BCUT2D eigenvalue weighted by Gasteiger charge is -2.36. The van der Waals surface area contributed by atoms with E-state index in [4.69, 9.17) is 18.9 Å². The Labute approximate surface area is 247 Å². The first kappa shape index (κ1) is 30.1. The van der Waals surface area contributed by atoms with Gasteiger partial charge in [0.2, 0.25) is 17.0 Å². The summed E-state index contributed by atoms with van der Waals surface area (Å²) in [6, 6.07) is 9.82. The zero-order chi connectivity index (χ0) is 29.9. The summed E-state index contributed by atoms with van der Waals surface area (Å²) >= 11 is -2.29. The van der Waals surface area contributed by atoms with Gasteiger partial charge in [-0.3, -0.25) is 9.35 Å². The minimum absolute atomic E-state index is 0.0946. The Morgan fingerprint density at radius 3 is 2.52 bits per heavy atom. The number of ether oxygens (including phenoxy) is 2. The maximum absolute atomic E-state index is 13.1. The molecule has 2 aliphatic rings. The molecule has 0 bridgehead atoms. The van der Waals surface area contributed by atoms with Gasteiger partial charge < -0.3 is 24.3 Å². The lowest BCUT2D eigenvalue weighted by atomic mass is 9.89. The molecule has 11 nitrogen and oxygen atoms in total. The van der Waals surface area contributed by atoms with E-state index in [-0.39, 0.29) is 24.9 Å². The predicted molar refractivity (Wildman–Crippen MR) is 156 cm³/mol. The SMILES string of the molecule is CCc1ccc(-c2oc3nc(CN(CCCC4(OC(=O)O)CCOCC4)S(=O)O)c(C4CC4)cc3c2C(=O)NC)cc1. The highest BCUT2D eigenvalue weighted by Crippen LogP contribution is 2.44. The molecule has 2 aromatic heterocycles. The minimum Gasteiger partial charge on any atom is -0.450 e. The van der Waals surface area contributed by atoms with E-state index >= 15 is 0 Å². The summed E-state index contributed by atoms with van der Waals surface area (Å²) in [5, 5.41) is 12.6. The van der Waals surface area contributed by atoms with Gasteiger partial charge >= 0.3 is 6.16 Å². The first-order valence-corrected chi connectivity index (χ1v) is 15.4. The topological polar surface area (TPSA) is 151 Å². The fraction of sp³-hybridized carbons (Fsp3) is 0.500. The van der Waals surface area contributed by atoms with Crippen molar-refractivity contribution in [3.8, 4) is 11.3 Å². The Morgan fingerprint density at radius 1 is 1.21 bits per heavy atom. The van der Waals surface area contributed by atoms with E-state index in [9.17, 15) is 23.5 Å². The zero-order valence-corrected chi connectivity index (χ0v) is 24.7. The molecule has 1 aliphatic heterocycles. The third-order valence-corrected chi connectivity index (χ3v) is 8.94. The van der Waals surface area contributed by atoms with Crippen molar-refractivity contribution in [3.63, 3.8) is 0 Å². The highest BCUT2D eigenvalue weighted by atomic mass is 32.2. The number of nitrogens with one attached hydrogen (secondary N) is 1. The van der Waals surface area contributed by atoms with Crippen LogP contribution in [0, 0.1) is 0 Å². The Balaban J connectivity index is 1.44. The normalized spacial score (nSPS) is 17.3. The smallest absolute Gasteiger partial charge is 0.450 e. The van der Waals surface area contributed by atoms with Crippen LogP contribution >= 0.6 is 0 Å². The highest BCUT2D eigenvalue weighted by Gasteiger charge is 2.37. The van der Waals surface area contributed by atoms with Gasteiger partial charge in [0.1, 0.15) is 11.4 Å². The molecule has 1 aliphatic carbocycles. The van der Waals surface area contributed by atoms with Crippen molar-refractivity contribution in [2.75, 3.05) is 26.8 Å². The zero-order valence-electron chi connectivity index (χ0n) is 23.9. The van der Waals surface area contributed by atoms with Crippen LogP contribution in [0.1, 0.15) is 78.5 Å². The third-order valence-electron chi connectivity index (χ3n) is 8.19. The van der Waals surface area contributed by atoms with Gasteiger partial charge in [-0.1, -0.05) is 31.2 Å². The molecule has 5 rings (SSSR count). The summed E-state index contributed by atoms with van der Waals surface area (Å²) in [6.45, 7) is 3.21. The van der Waals surface area contributed by atoms with Crippen LogP contribution < -0.4 is 5.32 Å². The number of fused-ring (bicyclic) bond motifs is 1. The van der Waals surface area contributed by atoms with Gasteiger partial charge in [-0.2, -0.15) is 4.31 Å². The van der Waals surface area contributed by atoms with Crippen LogP contribution in [0.15, 0.2) is 34.7 Å². The van der Waals surface area contributed by atoms with Gasteiger partial charge in [0.05, 0.1) is 36.4 Å². The number of aryl methyl sites for hydroxylation is 1. The van der Waals surface area contributed by atoms with E-state index in [2.05, 4.69) is 12.2 Å². The molecule has 3 N–H and O–H groups in total. The Bertz CT molecular complexity index is 1460. The molecule has 1 unspecified atom stereocenters. The van der Waals surface area contributed by atoms with Crippen molar-refractivity contribution >= 4 is 34.4 Å². The van der Waals surface area contributed by atoms with E-state index in [1.54, 1.807) is 7.05 Å². The minimum atomic E-state index is -2.29. The van der Waals surface area contributed by atoms with Crippen molar-refractivity contribution in [1.29, 1.82) is 0 Å². The number of benzene rings is 1. The summed E-state index contributed by atoms with van der Waals surface area (Å²) < 4.78 is 40.9. The van der Waals surface area contributed by atoms with E-state index in [1.807, 2.05) is 30.3 Å². The van der Waals surface area contributed by atoms with Crippen LogP contribution in [-0.4, -0.2) is 67.6 Å². The second kappa shape index (κ2) is 12.9. The lowest BCUT2D eigenvalue weighted by Crippen LogP contribution is -2.41. The van der Waals surface area contributed by atoms with Gasteiger partial charge in [0.15, 0.2) is 0 Å². The highest BCUT2D eigenvalue weighted by molar-refractivity contribution is 7.76. The number of aromatic nitrogens is 1. The Hall–Kier alpha value is -3.32. The fourth-order valence-corrected chi connectivity index (χ4v) is 6.20. The monoisotopic (exact) mass is 599 g/mol. The third kappa shape index (κ3) is 6.67. The standard InChI is InChI=1S/C30H37N3O8S/c1-3-19-5-7-21(8-6-19)26-25(27(34)31-2)23-17-22(20-9-10-20)24(32-28(23)40-26)18-33(42(37)38)14-4-11-30(41-29(35)36)12-15-39-16-13-30/h5-8,17,20H,3-4,9-16,18H2,1-2H3,(H,31,34)(H,35,36)(H,37,38). The predicted octanol–water partition coefficient (Wildman–Crippen LogP) is 5.26. The maximum atomic E-state index is 13.1. The Morgan fingerprint density at radius 2 is 1.93 bits per heavy atom. The molecular weight excluding hydrogens is 562 g/mol. The number of rotatable bonds is 12. The quantitative estimate of drug-likeness (QED) is 0.187. The van der Waals surface area contributed by atoms with Crippen LogP contribution in [0.25, 0.3) is 22.4 Å². The molecule has 0 spiro atoms. The van der Waals surface area contributed by atoms with Gasteiger partial charge in [-0.05, 0) is 55.2 Å². The number of hydrogen-bond acceptors (Lipinski definition) is 7. The molecule has 42 heavy (non-hydrogen) atoms. The molecule has 2 fully saturated rings. The van der Waals surface area contributed by atoms with Crippen molar-refractivity contribution in [3.05, 3.63) is 52.7 Å². The van der Waals surface area contributed by atoms with Crippen LogP contribution in [0.2, 0.25) is 0 Å². The molecule has 0 radical (unpaired) electrons. The number of pyridine rings is 1. The molecule has 3 heterocycles. The number of carboxylic acid groups (broad SMARTS) is 1. The summed E-state index contributed by atoms with van der Waals surface area (Å²) in [5.41, 5.74) is 3.35. The molecule has 1 saturated heterocycles. The average molecular weight is 600 g/mol. The van der Waals surface area contributed by atoms with Crippen molar-refractivity contribution in [1.82, 2.24) is 14.6 Å². The first-order valence-electron chi connectivity index (χ1n) is 14.4. The van der Waals surface area contributed by atoms with Crippen LogP contribution in [0.3, 0.4) is 0 Å². The number of carbonyl (C=O) groups is 2. The van der Waals surface area contributed by atoms with Gasteiger partial charge in [-0.25, -0.2) is 14.0 Å². The van der Waals surface area contributed by atoms with Crippen LogP contribution in [0.4, 0.5) is 4.79 Å². The molecule has 1 amide bonds. The summed E-state index contributed by atoms with van der Waals surface area (Å²) in [7, 11) is 1.58. The molecule has 12 heteroatoms. The largest absolute Gasteiger partial charge is 0.506 e. The molecule has 226 valence electrons. The number of carbonyl (C=O) groups excluding carboxylic acids is 1. The molecule has 1 atom stereocenters. The lowest BCUT2D eigenvalue weighted by molar-refractivity contribution is -0.0902. The second-order valence-corrected chi connectivity index (χ2v) is 11.9. The Kier molecular flexibility index (Phi) is 9.26. The number of hydrogen-bond donors (Lipinski definition) is 3. The summed E-state index contributed by atoms with van der Waals surface area (Å²) in [6.07, 6.45) is 3.25. The number of furan rings is 1. The number of nitrogens with zero attached hydrogens (tertiary/aromatic N) is 2. The van der Waals surface area contributed by atoms with E-state index < -0.39 is 23.0 Å². The molecular formula is C30H37N3O8S. The van der Waals surface area contributed by atoms with Crippen LogP contribution in [-0.2, 0) is 33.7 Å². The van der Waals surface area contributed by atoms with Gasteiger partial charge in [-0.15, -0.1) is 0 Å². The van der Waals surface area contributed by atoms with E-state index in [1.165, 1.54) is 9.87 Å². The fourth-order valence-electron chi connectivity index (χ4n) is 5.68. The van der Waals surface area contributed by atoms with Crippen LogP contribution in [0.5, 0.6) is 0 Å². The second-order valence-electron chi connectivity index (χ2n) is 10.9. The maximum Gasteiger partial charge on any atom is 0.506 e. The van der Waals surface area contributed by atoms with Gasteiger partial charge in [0.25, 0.3) is 5.91 Å². The average Bonchev–Trinajstić information content (AvgIpc) is 3.76. The van der Waals surface area contributed by atoms with Crippen molar-refractivity contribution < 1.29 is 37.3 Å². The van der Waals surface area contributed by atoms with E-state index in [0.29, 0.717) is 67.0 Å². The molecule has 3 aromatic rings.